The molecule has 0 aromatic heterocycles. The van der Waals surface area contributed by atoms with Crippen molar-refractivity contribution in [3.63, 3.8) is 0 Å². The second-order valence-electron chi connectivity index (χ2n) is 4.09. The monoisotopic (exact) mass is 293 g/mol. The molecule has 0 unspecified atom stereocenters. The van der Waals surface area contributed by atoms with Crippen LogP contribution in [0.5, 0.6) is 5.75 Å². The van der Waals surface area contributed by atoms with Crippen LogP contribution in [0.3, 0.4) is 0 Å². The minimum Gasteiger partial charge on any atom is -0.383 e. The van der Waals surface area contributed by atoms with Crippen LogP contribution in [0, 0.1) is 5.82 Å². The number of rotatable bonds is 4. The van der Waals surface area contributed by atoms with Gasteiger partial charge in [-0.15, -0.1) is 0 Å². The molecule has 20 heavy (non-hydrogen) atoms. The number of aliphatic imine (C=N–C) groups is 1. The van der Waals surface area contributed by atoms with Gasteiger partial charge < -0.3 is 4.18 Å². The second-order valence-corrected chi connectivity index (χ2v) is 5.67. The Morgan fingerprint density at radius 3 is 2.20 bits per heavy atom. The maximum absolute atomic E-state index is 12.7. The van der Waals surface area contributed by atoms with Gasteiger partial charge in [0.05, 0.1) is 11.9 Å². The fourth-order valence-electron chi connectivity index (χ4n) is 1.46. The van der Waals surface area contributed by atoms with Crippen LogP contribution >= 0.6 is 0 Å². The fourth-order valence-corrected chi connectivity index (χ4v) is 1.92. The predicted octanol–water partition coefficient (Wildman–Crippen LogP) is 2.91. The van der Waals surface area contributed by atoms with Crippen molar-refractivity contribution in [3.8, 4) is 5.75 Å². The van der Waals surface area contributed by atoms with Gasteiger partial charge in [0.25, 0.3) is 0 Å². The van der Waals surface area contributed by atoms with Gasteiger partial charge in [0.2, 0.25) is 0 Å². The zero-order chi connectivity index (χ0) is 14.6. The maximum Gasteiger partial charge on any atom is 0.306 e. The molecule has 0 aliphatic carbocycles. The highest BCUT2D eigenvalue weighted by Gasteiger charge is 2.03. The summed E-state index contributed by atoms with van der Waals surface area (Å²) in [6.07, 6.45) is 2.58. The molecule has 4 nitrogen and oxygen atoms in total. The topological polar surface area (TPSA) is 55.7 Å². The average molecular weight is 293 g/mol. The van der Waals surface area contributed by atoms with Crippen molar-refractivity contribution in [1.29, 1.82) is 0 Å². The van der Waals surface area contributed by atoms with E-state index in [4.69, 9.17) is 4.18 Å². The summed E-state index contributed by atoms with van der Waals surface area (Å²) in [5, 5.41) is 0. The first-order valence-electron chi connectivity index (χ1n) is 5.71. The normalized spacial score (nSPS) is 11.7. The van der Waals surface area contributed by atoms with E-state index < -0.39 is 10.1 Å². The summed E-state index contributed by atoms with van der Waals surface area (Å²) >= 11 is 0. The molecule has 0 N–H and O–H groups in total. The Morgan fingerprint density at radius 1 is 1.05 bits per heavy atom. The van der Waals surface area contributed by atoms with Gasteiger partial charge in [-0.25, -0.2) is 4.39 Å². The highest BCUT2D eigenvalue weighted by molar-refractivity contribution is 7.86. The number of hydrogen-bond acceptors (Lipinski definition) is 4. The molecule has 0 aliphatic rings. The first kappa shape index (κ1) is 14.2. The maximum atomic E-state index is 12.7. The molecule has 0 spiro atoms. The Morgan fingerprint density at radius 2 is 1.65 bits per heavy atom. The lowest BCUT2D eigenvalue weighted by atomic mass is 10.2. The van der Waals surface area contributed by atoms with Crippen LogP contribution in [0.4, 0.5) is 10.1 Å². The highest BCUT2D eigenvalue weighted by atomic mass is 32.2. The first-order chi connectivity index (χ1) is 9.42. The summed E-state index contributed by atoms with van der Waals surface area (Å²) in [5.74, 6) is -0.0716. The zero-order valence-corrected chi connectivity index (χ0v) is 11.5. The van der Waals surface area contributed by atoms with Crippen LogP contribution in [0.25, 0.3) is 0 Å². The van der Waals surface area contributed by atoms with E-state index in [1.807, 2.05) is 0 Å². The Labute approximate surface area is 116 Å². The van der Waals surface area contributed by atoms with E-state index in [1.165, 1.54) is 24.3 Å². The third kappa shape index (κ3) is 4.47. The van der Waals surface area contributed by atoms with E-state index in [2.05, 4.69) is 4.99 Å². The molecule has 0 amide bonds. The minimum absolute atomic E-state index is 0.242. The van der Waals surface area contributed by atoms with E-state index >= 15 is 0 Å². The van der Waals surface area contributed by atoms with Crippen molar-refractivity contribution in [2.45, 2.75) is 0 Å². The lowest BCUT2D eigenvalue weighted by Crippen LogP contribution is -2.05. The molecule has 0 saturated carbocycles. The van der Waals surface area contributed by atoms with Gasteiger partial charge in [-0.1, -0.05) is 0 Å². The highest BCUT2D eigenvalue weighted by Crippen LogP contribution is 2.15. The zero-order valence-electron chi connectivity index (χ0n) is 10.7. The van der Waals surface area contributed by atoms with Gasteiger partial charge in [0.1, 0.15) is 11.6 Å². The Kier molecular flexibility index (Phi) is 4.14. The van der Waals surface area contributed by atoms with Gasteiger partial charge in [-0.05, 0) is 54.1 Å². The summed E-state index contributed by atoms with van der Waals surface area (Å²) in [4.78, 5) is 4.17. The summed E-state index contributed by atoms with van der Waals surface area (Å²) in [6.45, 7) is 0. The van der Waals surface area contributed by atoms with Crippen molar-refractivity contribution >= 4 is 22.0 Å². The third-order valence-corrected chi connectivity index (χ3v) is 2.81. The molecular weight excluding hydrogens is 281 g/mol. The van der Waals surface area contributed by atoms with Crippen LogP contribution in [0.1, 0.15) is 5.56 Å². The lowest BCUT2D eigenvalue weighted by Gasteiger charge is -2.02. The predicted molar refractivity (Wildman–Crippen MR) is 75.6 cm³/mol. The Hall–Kier alpha value is -2.21. The van der Waals surface area contributed by atoms with Gasteiger partial charge in [0.15, 0.2) is 0 Å². The smallest absolute Gasteiger partial charge is 0.306 e. The van der Waals surface area contributed by atoms with E-state index in [-0.39, 0.29) is 11.6 Å². The molecule has 0 heterocycles. The summed E-state index contributed by atoms with van der Waals surface area (Å²) in [5.41, 5.74) is 1.40. The first-order valence-corrected chi connectivity index (χ1v) is 7.53. The van der Waals surface area contributed by atoms with Crippen LogP contribution in [-0.4, -0.2) is 20.9 Å². The van der Waals surface area contributed by atoms with Crippen molar-refractivity contribution in [2.75, 3.05) is 6.26 Å². The molecule has 0 atom stereocenters. The Bertz CT molecular complexity index is 707. The molecule has 0 saturated heterocycles. The quantitative estimate of drug-likeness (QED) is 0.643. The van der Waals surface area contributed by atoms with Gasteiger partial charge in [-0.2, -0.15) is 8.42 Å². The molecule has 104 valence electrons. The molecule has 0 aliphatic heterocycles. The molecule has 2 rings (SSSR count). The van der Waals surface area contributed by atoms with Crippen molar-refractivity contribution < 1.29 is 17.0 Å². The minimum atomic E-state index is -3.52. The molecule has 0 bridgehead atoms. The molecule has 6 heteroatoms. The van der Waals surface area contributed by atoms with E-state index in [1.54, 1.807) is 30.5 Å². The van der Waals surface area contributed by atoms with E-state index in [0.717, 1.165) is 11.8 Å². The van der Waals surface area contributed by atoms with Crippen LogP contribution in [0.2, 0.25) is 0 Å². The van der Waals surface area contributed by atoms with E-state index in [0.29, 0.717) is 5.69 Å². The van der Waals surface area contributed by atoms with E-state index in [9.17, 15) is 12.8 Å². The SMILES string of the molecule is CS(=O)(=O)Oc1ccc(C=Nc2ccc(F)cc2)cc1. The Balaban J connectivity index is 2.09. The average Bonchev–Trinajstić information content (AvgIpc) is 2.38. The van der Waals surface area contributed by atoms with Crippen LogP contribution in [0.15, 0.2) is 53.5 Å². The number of halogens is 1. The third-order valence-electron chi connectivity index (χ3n) is 2.32. The lowest BCUT2D eigenvalue weighted by molar-refractivity contribution is 0.493. The standard InChI is InChI=1S/C14H12FNO3S/c1-20(17,18)19-14-8-2-11(3-9-14)10-16-13-6-4-12(15)5-7-13/h2-10H,1H3. The van der Waals surface area contributed by atoms with Crippen molar-refractivity contribution in [3.05, 3.63) is 59.9 Å². The van der Waals surface area contributed by atoms with Gasteiger partial charge in [-0.3, -0.25) is 4.99 Å². The second kappa shape index (κ2) is 5.83. The molecule has 2 aromatic rings. The largest absolute Gasteiger partial charge is 0.383 e. The van der Waals surface area contributed by atoms with Crippen LogP contribution < -0.4 is 4.18 Å². The molecule has 2 aromatic carbocycles. The van der Waals surface area contributed by atoms with Gasteiger partial charge in [0, 0.05) is 6.21 Å². The number of nitrogens with zero attached hydrogens (tertiary/aromatic N) is 1. The number of hydrogen-bond donors (Lipinski definition) is 0. The summed E-state index contributed by atoms with van der Waals surface area (Å²) in [6, 6.07) is 12.2. The summed E-state index contributed by atoms with van der Waals surface area (Å²) < 4.78 is 39.3. The molecular formula is C14H12FNO3S. The van der Waals surface area contributed by atoms with Gasteiger partial charge >= 0.3 is 10.1 Å². The molecule has 0 radical (unpaired) electrons. The van der Waals surface area contributed by atoms with Crippen molar-refractivity contribution in [2.24, 2.45) is 4.99 Å². The fraction of sp³-hybridized carbons (Fsp3) is 0.0714. The van der Waals surface area contributed by atoms with Crippen LogP contribution in [-0.2, 0) is 10.1 Å². The summed E-state index contributed by atoms with van der Waals surface area (Å²) in [7, 11) is -3.52. The number of benzene rings is 2. The molecule has 0 fully saturated rings. The van der Waals surface area contributed by atoms with Crippen molar-refractivity contribution in [1.82, 2.24) is 0 Å².